The molecule has 2 aromatic rings. The minimum atomic E-state index is -1.54. The molecule has 10 nitrogen and oxygen atoms in total. The second-order valence-corrected chi connectivity index (χ2v) is 4.12. The van der Waals surface area contributed by atoms with E-state index in [1.54, 1.807) is 0 Å². The van der Waals surface area contributed by atoms with E-state index in [-0.39, 0.29) is 16.5 Å². The van der Waals surface area contributed by atoms with E-state index in [4.69, 9.17) is 0 Å². The number of carboxylic acids is 2. The maximum absolute atomic E-state index is 10.3. The predicted molar refractivity (Wildman–Crippen MR) is 74.9 cm³/mol. The molecule has 0 aliphatic heterocycles. The molecule has 132 valence electrons. The molecule has 2 rings (SSSR count). The summed E-state index contributed by atoms with van der Waals surface area (Å²) in [6.45, 7) is 0. The number of hydrogen-bond acceptors (Lipinski definition) is 8. The van der Waals surface area contributed by atoms with Crippen molar-refractivity contribution in [1.82, 2.24) is 0 Å². The number of carbonyl (C=O) groups is 2. The van der Waals surface area contributed by atoms with Gasteiger partial charge in [-0.3, -0.25) is 20.2 Å². The molecule has 2 aromatic carbocycles. The Morgan fingerprint density at radius 3 is 1.16 bits per heavy atom. The Morgan fingerprint density at radius 1 is 0.680 bits per heavy atom. The molecule has 0 aliphatic rings. The van der Waals surface area contributed by atoms with E-state index in [0.29, 0.717) is 0 Å². The van der Waals surface area contributed by atoms with Gasteiger partial charge >= 0.3 is 16.5 Å². The van der Waals surface area contributed by atoms with Gasteiger partial charge in [0.2, 0.25) is 0 Å². The zero-order valence-electron chi connectivity index (χ0n) is 12.1. The monoisotopic (exact) mass is 390 g/mol. The van der Waals surface area contributed by atoms with Gasteiger partial charge in [-0.1, -0.05) is 24.3 Å². The average Bonchev–Trinajstić information content (AvgIpc) is 2.55. The van der Waals surface area contributed by atoms with Crippen molar-refractivity contribution >= 4 is 23.3 Å². The number of benzene rings is 2. The van der Waals surface area contributed by atoms with Crippen LogP contribution in [0.1, 0.15) is 20.7 Å². The van der Waals surface area contributed by atoms with E-state index in [9.17, 15) is 40.0 Å². The first kappa shape index (κ1) is 21.7. The summed E-state index contributed by atoms with van der Waals surface area (Å²) in [5, 5.41) is 41.1. The van der Waals surface area contributed by atoms with E-state index in [1.165, 1.54) is 24.3 Å². The van der Waals surface area contributed by atoms with Crippen molar-refractivity contribution in [3.63, 3.8) is 0 Å². The number of nitro benzene ring substituents is 2. The fourth-order valence-electron chi connectivity index (χ4n) is 1.61. The Labute approximate surface area is 149 Å². The van der Waals surface area contributed by atoms with Crippen molar-refractivity contribution < 1.29 is 46.1 Å². The van der Waals surface area contributed by atoms with Crippen molar-refractivity contribution in [3.8, 4) is 0 Å². The van der Waals surface area contributed by atoms with E-state index >= 15 is 0 Å². The standard InChI is InChI=1S/2C7H5NO4.Ni/c2*9-7(10)5-3-1-2-4-6(5)8(11)12;/h2*1-4H,(H,9,10);/q;;+2/p-2. The first-order valence-corrected chi connectivity index (χ1v) is 6.15. The summed E-state index contributed by atoms with van der Waals surface area (Å²) in [6, 6.07) is 10.1. The molecule has 0 heterocycles. The zero-order valence-corrected chi connectivity index (χ0v) is 13.1. The maximum atomic E-state index is 10.3. The number of para-hydroxylation sites is 2. The van der Waals surface area contributed by atoms with Crippen molar-refractivity contribution in [3.05, 3.63) is 79.9 Å². The minimum Gasteiger partial charge on any atom is -0.545 e. The molecule has 0 amide bonds. The fourth-order valence-corrected chi connectivity index (χ4v) is 1.61. The van der Waals surface area contributed by atoms with Gasteiger partial charge < -0.3 is 19.8 Å². The summed E-state index contributed by atoms with van der Waals surface area (Å²) < 4.78 is 0. The van der Waals surface area contributed by atoms with Gasteiger partial charge in [-0.05, 0) is 12.1 Å². The number of hydrogen-bond donors (Lipinski definition) is 0. The normalized spacial score (nSPS) is 8.96. The van der Waals surface area contributed by atoms with Gasteiger partial charge in [-0.25, -0.2) is 0 Å². The van der Waals surface area contributed by atoms with Crippen molar-refractivity contribution in [1.29, 1.82) is 0 Å². The van der Waals surface area contributed by atoms with E-state index in [1.807, 2.05) is 0 Å². The van der Waals surface area contributed by atoms with Gasteiger partial charge in [-0.2, -0.15) is 0 Å². The zero-order chi connectivity index (χ0) is 18.3. The molecule has 0 radical (unpaired) electrons. The SMILES string of the molecule is O=C([O-])c1ccccc1[N+](=O)[O-].O=C([O-])c1ccccc1[N+](=O)[O-].[Ni+2]. The summed E-state index contributed by atoms with van der Waals surface area (Å²) in [4.78, 5) is 39.6. The summed E-state index contributed by atoms with van der Waals surface area (Å²) in [6.07, 6.45) is 0. The molecular formula is C14H8N2NiO8. The summed E-state index contributed by atoms with van der Waals surface area (Å²) in [7, 11) is 0. The molecule has 0 saturated carbocycles. The molecule has 0 saturated heterocycles. The minimum absolute atomic E-state index is 0. The number of nitro groups is 2. The van der Waals surface area contributed by atoms with E-state index in [0.717, 1.165) is 24.3 Å². The van der Waals surface area contributed by atoms with Crippen molar-refractivity contribution in [2.45, 2.75) is 0 Å². The van der Waals surface area contributed by atoms with Crippen LogP contribution < -0.4 is 10.2 Å². The Morgan fingerprint density at radius 2 is 0.960 bits per heavy atom. The molecule has 0 spiro atoms. The van der Waals surface area contributed by atoms with Crippen LogP contribution in [-0.2, 0) is 16.5 Å². The number of carboxylic acid groups (broad SMARTS) is 2. The Hall–Kier alpha value is -3.33. The van der Waals surface area contributed by atoms with Crippen LogP contribution >= 0.6 is 0 Å². The van der Waals surface area contributed by atoms with Crippen LogP contribution in [0.5, 0.6) is 0 Å². The predicted octanol–water partition coefficient (Wildman–Crippen LogP) is -0.0859. The van der Waals surface area contributed by atoms with Crippen LogP contribution in [0, 0.1) is 20.2 Å². The summed E-state index contributed by atoms with van der Waals surface area (Å²) in [5.41, 5.74) is -1.69. The molecule has 0 unspecified atom stereocenters. The van der Waals surface area contributed by atoms with Crippen LogP contribution in [0.3, 0.4) is 0 Å². The van der Waals surface area contributed by atoms with Gasteiger partial charge in [0.05, 0.1) is 32.9 Å². The van der Waals surface area contributed by atoms with Gasteiger partial charge in [0.25, 0.3) is 11.4 Å². The Kier molecular flexibility index (Phi) is 8.44. The third-order valence-corrected chi connectivity index (χ3v) is 2.64. The molecule has 0 fully saturated rings. The van der Waals surface area contributed by atoms with Crippen LogP contribution in [0.25, 0.3) is 0 Å². The number of carbonyl (C=O) groups excluding carboxylic acids is 2. The molecule has 0 aliphatic carbocycles. The number of rotatable bonds is 4. The first-order valence-electron chi connectivity index (χ1n) is 6.15. The second kappa shape index (κ2) is 9.73. The molecule has 0 atom stereocenters. The largest absolute Gasteiger partial charge is 2.00 e. The van der Waals surface area contributed by atoms with E-state index < -0.39 is 44.3 Å². The average molecular weight is 391 g/mol. The van der Waals surface area contributed by atoms with Crippen molar-refractivity contribution in [2.75, 3.05) is 0 Å². The third-order valence-electron chi connectivity index (χ3n) is 2.64. The topological polar surface area (TPSA) is 167 Å². The smallest absolute Gasteiger partial charge is 0.545 e. The maximum Gasteiger partial charge on any atom is 2.00 e. The van der Waals surface area contributed by atoms with Crippen LogP contribution in [0.2, 0.25) is 0 Å². The Bertz CT molecular complexity index is 675. The van der Waals surface area contributed by atoms with Crippen LogP contribution in [0.15, 0.2) is 48.5 Å². The summed E-state index contributed by atoms with van der Waals surface area (Å²) in [5.74, 6) is -3.08. The van der Waals surface area contributed by atoms with Gasteiger partial charge in [-0.15, -0.1) is 0 Å². The quantitative estimate of drug-likeness (QED) is 0.396. The van der Waals surface area contributed by atoms with Crippen molar-refractivity contribution in [2.24, 2.45) is 0 Å². The molecular weight excluding hydrogens is 383 g/mol. The fraction of sp³-hybridized carbons (Fsp3) is 0. The molecule has 0 N–H and O–H groups in total. The Balaban J connectivity index is 0.000000443. The molecule has 25 heavy (non-hydrogen) atoms. The van der Waals surface area contributed by atoms with Crippen LogP contribution in [0.4, 0.5) is 11.4 Å². The first-order chi connectivity index (χ1) is 11.3. The van der Waals surface area contributed by atoms with Gasteiger partial charge in [0.15, 0.2) is 0 Å². The van der Waals surface area contributed by atoms with Gasteiger partial charge in [0.1, 0.15) is 0 Å². The molecule has 0 aromatic heterocycles. The number of aromatic carboxylic acids is 2. The molecule has 0 bridgehead atoms. The number of nitrogens with zero attached hydrogens (tertiary/aromatic N) is 2. The summed E-state index contributed by atoms with van der Waals surface area (Å²) >= 11 is 0. The van der Waals surface area contributed by atoms with Crippen LogP contribution in [-0.4, -0.2) is 21.8 Å². The third kappa shape index (κ3) is 6.00. The second-order valence-electron chi connectivity index (χ2n) is 4.12. The molecule has 11 heteroatoms. The van der Waals surface area contributed by atoms with E-state index in [2.05, 4.69) is 0 Å². The van der Waals surface area contributed by atoms with Gasteiger partial charge in [0, 0.05) is 12.1 Å².